The summed E-state index contributed by atoms with van der Waals surface area (Å²) in [6.45, 7) is 9.33. The highest BCUT2D eigenvalue weighted by molar-refractivity contribution is 4.60. The molecule has 0 unspecified atom stereocenters. The van der Waals surface area contributed by atoms with Crippen molar-refractivity contribution in [2.45, 2.75) is 66.2 Å². The quantitative estimate of drug-likeness (QED) is 0.522. The highest BCUT2D eigenvalue weighted by Crippen LogP contribution is 2.22. The average molecular weight is 170 g/mol. The summed E-state index contributed by atoms with van der Waals surface area (Å²) in [7, 11) is 0. The van der Waals surface area contributed by atoms with Gasteiger partial charge in [0.1, 0.15) is 0 Å². The smallest absolute Gasteiger partial charge is 0.0417 e. The molecule has 0 saturated carbocycles. The van der Waals surface area contributed by atoms with E-state index < -0.39 is 0 Å². The summed E-state index contributed by atoms with van der Waals surface area (Å²) in [6, 6.07) is 0. The molecule has 0 amide bonds. The van der Waals surface area contributed by atoms with Crippen molar-refractivity contribution < 1.29 is 0 Å². The Morgan fingerprint density at radius 1 is 1.00 bits per heavy atom. The number of hydrogen-bond acceptors (Lipinski definition) is 0. The normalized spacial score (nSPS) is 13.8. The maximum Gasteiger partial charge on any atom is -0.0417 e. The molecule has 0 bridgehead atoms. The van der Waals surface area contributed by atoms with Crippen LogP contribution in [-0.2, 0) is 0 Å². The van der Waals surface area contributed by atoms with Gasteiger partial charge in [-0.3, -0.25) is 0 Å². The highest BCUT2D eigenvalue weighted by Gasteiger charge is 2.08. The van der Waals surface area contributed by atoms with Crippen molar-refractivity contribution in [1.29, 1.82) is 0 Å². The predicted octanol–water partition coefficient (Wildman–Crippen LogP) is 4.64. The van der Waals surface area contributed by atoms with Gasteiger partial charge in [-0.2, -0.15) is 0 Å². The van der Waals surface area contributed by atoms with Gasteiger partial charge in [0, 0.05) is 0 Å². The van der Waals surface area contributed by atoms with Crippen LogP contribution < -0.4 is 0 Å². The van der Waals surface area contributed by atoms with Crippen LogP contribution in [0.15, 0.2) is 0 Å². The molecule has 1 atom stereocenters. The van der Waals surface area contributed by atoms with Gasteiger partial charge in [-0.1, -0.05) is 59.8 Å². The van der Waals surface area contributed by atoms with Crippen LogP contribution in [0, 0.1) is 11.8 Å². The molecule has 0 aromatic carbocycles. The van der Waals surface area contributed by atoms with E-state index in [1.54, 1.807) is 0 Å². The molecule has 0 aromatic rings. The summed E-state index contributed by atoms with van der Waals surface area (Å²) in [4.78, 5) is 0. The van der Waals surface area contributed by atoms with Gasteiger partial charge in [0.2, 0.25) is 0 Å². The van der Waals surface area contributed by atoms with Gasteiger partial charge < -0.3 is 0 Å². The third-order valence-corrected chi connectivity index (χ3v) is 2.94. The first kappa shape index (κ1) is 12.0. The molecule has 0 aliphatic heterocycles. The third-order valence-electron chi connectivity index (χ3n) is 2.94. The Morgan fingerprint density at radius 2 is 1.58 bits per heavy atom. The molecule has 0 nitrogen and oxygen atoms in total. The van der Waals surface area contributed by atoms with Crippen molar-refractivity contribution in [3.63, 3.8) is 0 Å². The lowest BCUT2D eigenvalue weighted by molar-refractivity contribution is 0.350. The minimum absolute atomic E-state index is 0.954. The van der Waals surface area contributed by atoms with Crippen molar-refractivity contribution in [3.8, 4) is 0 Å². The van der Waals surface area contributed by atoms with Crippen molar-refractivity contribution in [2.24, 2.45) is 11.8 Å². The molecule has 0 aromatic heterocycles. The first-order valence-electron chi connectivity index (χ1n) is 5.74. The first-order chi connectivity index (χ1) is 5.74. The maximum absolute atomic E-state index is 2.41. The monoisotopic (exact) mass is 170 g/mol. The summed E-state index contributed by atoms with van der Waals surface area (Å²) in [6.07, 6.45) is 8.40. The van der Waals surface area contributed by atoms with Crippen molar-refractivity contribution in [3.05, 3.63) is 0 Å². The number of unbranched alkanes of at least 4 members (excludes halogenated alkanes) is 1. The van der Waals surface area contributed by atoms with Crippen LogP contribution in [0.3, 0.4) is 0 Å². The van der Waals surface area contributed by atoms with Gasteiger partial charge in [0.05, 0.1) is 0 Å². The Kier molecular flexibility index (Phi) is 7.64. The second-order valence-electron chi connectivity index (χ2n) is 4.17. The molecule has 0 spiro atoms. The second-order valence-corrected chi connectivity index (χ2v) is 4.17. The zero-order chi connectivity index (χ0) is 9.40. The summed E-state index contributed by atoms with van der Waals surface area (Å²) in [5.74, 6) is 1.94. The zero-order valence-corrected chi connectivity index (χ0v) is 9.40. The van der Waals surface area contributed by atoms with E-state index in [-0.39, 0.29) is 0 Å². The van der Waals surface area contributed by atoms with Crippen LogP contribution >= 0.6 is 0 Å². The minimum atomic E-state index is 0.954. The van der Waals surface area contributed by atoms with Crippen molar-refractivity contribution in [2.75, 3.05) is 0 Å². The average Bonchev–Trinajstić information content (AvgIpc) is 2.10. The fourth-order valence-corrected chi connectivity index (χ4v) is 1.86. The van der Waals surface area contributed by atoms with Crippen molar-refractivity contribution in [1.82, 2.24) is 0 Å². The Hall–Kier alpha value is 0. The molecule has 74 valence electrons. The summed E-state index contributed by atoms with van der Waals surface area (Å²) in [5.41, 5.74) is 0. The summed E-state index contributed by atoms with van der Waals surface area (Å²) < 4.78 is 0. The van der Waals surface area contributed by atoms with E-state index in [2.05, 4.69) is 27.7 Å². The third kappa shape index (κ3) is 5.62. The topological polar surface area (TPSA) is 0 Å². The molecule has 0 rings (SSSR count). The van der Waals surface area contributed by atoms with Gasteiger partial charge >= 0.3 is 0 Å². The largest absolute Gasteiger partial charge is 0.0654 e. The molecule has 12 heavy (non-hydrogen) atoms. The fraction of sp³-hybridized carbons (Fsp3) is 1.00. The van der Waals surface area contributed by atoms with Crippen LogP contribution in [0.1, 0.15) is 66.2 Å². The van der Waals surface area contributed by atoms with Crippen LogP contribution in [0.25, 0.3) is 0 Å². The number of hydrogen-bond donors (Lipinski definition) is 0. The Balaban J connectivity index is 3.44. The fourth-order valence-electron chi connectivity index (χ4n) is 1.86. The molecule has 0 radical (unpaired) electrons. The van der Waals surface area contributed by atoms with Gasteiger partial charge in [-0.05, 0) is 18.3 Å². The van der Waals surface area contributed by atoms with E-state index in [4.69, 9.17) is 0 Å². The molecule has 0 aliphatic carbocycles. The Labute approximate surface area is 78.8 Å². The van der Waals surface area contributed by atoms with E-state index in [1.165, 1.54) is 38.5 Å². The van der Waals surface area contributed by atoms with Crippen LogP contribution in [0.4, 0.5) is 0 Å². The standard InChI is InChI=1S/C12H26/c1-5-8-9-11(4)10-12(6-2)7-3/h11-12H,5-10H2,1-4H3/t11-/m0/s1. The van der Waals surface area contributed by atoms with E-state index in [0.29, 0.717) is 0 Å². The van der Waals surface area contributed by atoms with E-state index >= 15 is 0 Å². The number of rotatable bonds is 7. The summed E-state index contributed by atoms with van der Waals surface area (Å²) >= 11 is 0. The maximum atomic E-state index is 2.41. The molecule has 0 fully saturated rings. The van der Waals surface area contributed by atoms with Gasteiger partial charge in [0.25, 0.3) is 0 Å². The van der Waals surface area contributed by atoms with E-state index in [1.807, 2.05) is 0 Å². The molecule has 0 N–H and O–H groups in total. The van der Waals surface area contributed by atoms with Crippen LogP contribution in [0.5, 0.6) is 0 Å². The minimum Gasteiger partial charge on any atom is -0.0654 e. The highest BCUT2D eigenvalue weighted by atomic mass is 14.1. The molecule has 0 aliphatic rings. The zero-order valence-electron chi connectivity index (χ0n) is 9.40. The SMILES string of the molecule is CCCC[C@H](C)CC(CC)CC. The molecule has 0 saturated heterocycles. The van der Waals surface area contributed by atoms with Gasteiger partial charge in [-0.25, -0.2) is 0 Å². The van der Waals surface area contributed by atoms with E-state index in [0.717, 1.165) is 11.8 Å². The summed E-state index contributed by atoms with van der Waals surface area (Å²) in [5, 5.41) is 0. The molecular formula is C12H26. The van der Waals surface area contributed by atoms with Gasteiger partial charge in [-0.15, -0.1) is 0 Å². The second kappa shape index (κ2) is 7.64. The predicted molar refractivity (Wildman–Crippen MR) is 57.4 cm³/mol. The molecule has 0 heterocycles. The Morgan fingerprint density at radius 3 is 2.00 bits per heavy atom. The van der Waals surface area contributed by atoms with E-state index in [9.17, 15) is 0 Å². The van der Waals surface area contributed by atoms with Crippen LogP contribution in [0.2, 0.25) is 0 Å². The molecular weight excluding hydrogens is 144 g/mol. The lowest BCUT2D eigenvalue weighted by atomic mass is 9.89. The molecule has 0 heteroatoms. The first-order valence-corrected chi connectivity index (χ1v) is 5.74. The van der Waals surface area contributed by atoms with Crippen molar-refractivity contribution >= 4 is 0 Å². The lowest BCUT2D eigenvalue weighted by Gasteiger charge is -2.17. The van der Waals surface area contributed by atoms with Gasteiger partial charge in [0.15, 0.2) is 0 Å². The lowest BCUT2D eigenvalue weighted by Crippen LogP contribution is -2.04. The van der Waals surface area contributed by atoms with Crippen LogP contribution in [-0.4, -0.2) is 0 Å². The Bertz CT molecular complexity index is 82.0.